The molecule has 0 aromatic heterocycles. The van der Waals surface area contributed by atoms with Gasteiger partial charge in [-0.2, -0.15) is 0 Å². The Kier molecular flexibility index (Phi) is 4.72. The Labute approximate surface area is 82.4 Å². The zero-order valence-corrected chi connectivity index (χ0v) is 8.99. The van der Waals surface area contributed by atoms with Gasteiger partial charge in [-0.1, -0.05) is 32.9 Å². The van der Waals surface area contributed by atoms with Crippen molar-refractivity contribution in [1.29, 1.82) is 0 Å². The van der Waals surface area contributed by atoms with Crippen LogP contribution in [0, 0.1) is 0 Å². The lowest BCUT2D eigenvalue weighted by atomic mass is 10.2. The van der Waals surface area contributed by atoms with Crippen LogP contribution in [0.2, 0.25) is 0 Å². The molecule has 2 nitrogen and oxygen atoms in total. The van der Waals surface area contributed by atoms with E-state index in [0.29, 0.717) is 0 Å². The summed E-state index contributed by atoms with van der Waals surface area (Å²) in [6.45, 7) is 0.484. The molecule has 68 valence electrons. The van der Waals surface area contributed by atoms with Crippen LogP contribution in [0.3, 0.4) is 0 Å². The maximum atomic E-state index is 8.69. The number of aliphatic hydroxyl groups is 2. The maximum Gasteiger partial charge on any atom is 0.0475 e. The van der Waals surface area contributed by atoms with E-state index in [1.54, 1.807) is 0 Å². The van der Waals surface area contributed by atoms with Crippen molar-refractivity contribution < 1.29 is 10.2 Å². The van der Waals surface area contributed by atoms with Gasteiger partial charge in [0.05, 0.1) is 0 Å². The van der Waals surface area contributed by atoms with Gasteiger partial charge in [0, 0.05) is 19.6 Å². The van der Waals surface area contributed by atoms with Crippen LogP contribution in [0.15, 0.2) is 21.8 Å². The quantitative estimate of drug-likeness (QED) is 0.763. The average molecular weight is 280 g/mol. The molecule has 12 heavy (non-hydrogen) atoms. The minimum absolute atomic E-state index is 0.0136. The van der Waals surface area contributed by atoms with Crippen LogP contribution in [-0.4, -0.2) is 26.9 Å². The summed E-state index contributed by atoms with van der Waals surface area (Å²) in [5, 5.41) is 17.4. The van der Waals surface area contributed by atoms with E-state index in [4.69, 9.17) is 10.2 Å². The van der Waals surface area contributed by atoms with E-state index in [-0.39, 0.29) is 33.9 Å². The van der Waals surface area contributed by atoms with Gasteiger partial charge in [0.25, 0.3) is 0 Å². The minimum atomic E-state index is -0.0136. The number of hydrogen-bond acceptors (Lipinski definition) is 2. The molecule has 0 unspecified atom stereocenters. The lowest BCUT2D eigenvalue weighted by Gasteiger charge is -2.04. The normalized spacial score (nSPS) is 16.5. The summed E-state index contributed by atoms with van der Waals surface area (Å²) in [6.07, 6.45) is 5.72. The lowest BCUT2D eigenvalue weighted by molar-refractivity contribution is 0.300. The average Bonchev–Trinajstić information content (AvgIpc) is 2.09. The Hall–Kier alpha value is -0.0000000000000000555. The highest BCUT2D eigenvalue weighted by molar-refractivity contribution is 14.2. The van der Waals surface area contributed by atoms with Gasteiger partial charge in [-0.25, -0.2) is 0 Å². The molecule has 0 bridgehead atoms. The second-order valence-corrected chi connectivity index (χ2v) is 5.15. The highest BCUT2D eigenvalue weighted by Crippen LogP contribution is 2.19. The van der Waals surface area contributed by atoms with Gasteiger partial charge < -0.3 is 10.2 Å². The fourth-order valence-corrected chi connectivity index (χ4v) is 3.18. The van der Waals surface area contributed by atoms with Crippen molar-refractivity contribution >= 4 is 24.2 Å². The first-order valence-electron chi connectivity index (χ1n) is 3.95. The molecule has 2 N–H and O–H groups in total. The molecule has 0 atom stereocenters. The summed E-state index contributed by atoms with van der Waals surface area (Å²) in [6, 6.07) is 0. The first-order valence-corrected chi connectivity index (χ1v) is 6.27. The number of allylic oxidation sites excluding steroid dienone is 2. The molecular formula is C9H13IO2. The van der Waals surface area contributed by atoms with Crippen LogP contribution < -0.4 is 0 Å². The Balaban J connectivity index is 2.51. The molecule has 3 heteroatoms. The third-order valence-electron chi connectivity index (χ3n) is 1.56. The second kappa shape index (κ2) is 5.61. The third kappa shape index (κ3) is 3.16. The number of aliphatic hydroxyl groups excluding tert-OH is 2. The van der Waals surface area contributed by atoms with E-state index >= 15 is 0 Å². The van der Waals surface area contributed by atoms with Gasteiger partial charge in [0.15, 0.2) is 0 Å². The summed E-state index contributed by atoms with van der Waals surface area (Å²) in [7, 11) is 0. The van der Waals surface area contributed by atoms with E-state index < -0.39 is 0 Å². The molecule has 0 fully saturated rings. The molecule has 0 aromatic carbocycles. The minimum Gasteiger partial charge on any atom is -0.396 e. The first-order chi connectivity index (χ1) is 5.86. The molecule has 0 saturated carbocycles. The van der Waals surface area contributed by atoms with Gasteiger partial charge in [0.1, 0.15) is 0 Å². The highest BCUT2D eigenvalue weighted by Gasteiger charge is 1.98. The van der Waals surface area contributed by atoms with E-state index in [1.165, 1.54) is 9.08 Å². The molecule has 1 rings (SSSR count). The van der Waals surface area contributed by atoms with Crippen molar-refractivity contribution in [2.75, 3.05) is 13.2 Å². The van der Waals surface area contributed by atoms with E-state index in [1.807, 2.05) is 6.08 Å². The van der Waals surface area contributed by atoms with Gasteiger partial charge in [-0.05, 0) is 19.6 Å². The SMILES string of the molecule is OCCC1=CI=C(CCO)C=C1. The third-order valence-corrected chi connectivity index (χ3v) is 4.37. The Morgan fingerprint density at radius 2 is 1.83 bits per heavy atom. The summed E-state index contributed by atoms with van der Waals surface area (Å²) < 4.78 is 3.60. The molecule has 1 aliphatic rings. The Bertz CT molecular complexity index is 205. The second-order valence-electron chi connectivity index (χ2n) is 2.52. The van der Waals surface area contributed by atoms with Crippen LogP contribution in [0.5, 0.6) is 0 Å². The topological polar surface area (TPSA) is 40.5 Å². The largest absolute Gasteiger partial charge is 0.396 e. The van der Waals surface area contributed by atoms with Crippen LogP contribution in [-0.2, 0) is 0 Å². The van der Waals surface area contributed by atoms with Gasteiger partial charge in [0.2, 0.25) is 0 Å². The zero-order chi connectivity index (χ0) is 8.81. The molecule has 1 aliphatic heterocycles. The monoisotopic (exact) mass is 280 g/mol. The smallest absolute Gasteiger partial charge is 0.0475 e. The standard InChI is InChI=1S/C9H13IO2/c11-5-3-8-1-2-9(4-6-12)10-7-8/h1-2,7,11-12H,3-6H2. The molecule has 0 saturated heterocycles. The van der Waals surface area contributed by atoms with Crippen molar-refractivity contribution in [1.82, 2.24) is 0 Å². The summed E-state index contributed by atoms with van der Waals surface area (Å²) in [4.78, 5) is 0. The van der Waals surface area contributed by atoms with Crippen molar-refractivity contribution in [2.24, 2.45) is 0 Å². The first kappa shape index (κ1) is 10.1. The molecular weight excluding hydrogens is 267 g/mol. The zero-order valence-electron chi connectivity index (χ0n) is 6.83. The molecule has 0 spiro atoms. The fourth-order valence-electron chi connectivity index (χ4n) is 0.922. The highest BCUT2D eigenvalue weighted by atomic mass is 127. The van der Waals surface area contributed by atoms with Crippen LogP contribution in [0.4, 0.5) is 0 Å². The van der Waals surface area contributed by atoms with Crippen LogP contribution >= 0.6 is 20.7 Å². The fraction of sp³-hybridized carbons (Fsp3) is 0.444. The Morgan fingerprint density at radius 1 is 1.08 bits per heavy atom. The van der Waals surface area contributed by atoms with Crippen molar-refractivity contribution in [2.45, 2.75) is 12.8 Å². The summed E-state index contributed by atoms with van der Waals surface area (Å²) >= 11 is -0.0136. The number of halogens is 1. The van der Waals surface area contributed by atoms with E-state index in [2.05, 4.69) is 10.2 Å². The van der Waals surface area contributed by atoms with Gasteiger partial charge in [-0.3, -0.25) is 0 Å². The summed E-state index contributed by atoms with van der Waals surface area (Å²) in [5.41, 5.74) is 1.24. The number of rotatable bonds is 4. The van der Waals surface area contributed by atoms with Gasteiger partial charge in [-0.15, -0.1) is 0 Å². The molecule has 0 aliphatic carbocycles. The van der Waals surface area contributed by atoms with Crippen molar-refractivity contribution in [3.63, 3.8) is 0 Å². The maximum absolute atomic E-state index is 8.69. The van der Waals surface area contributed by atoms with Gasteiger partial charge >= 0.3 is 0 Å². The molecule has 0 aromatic rings. The molecule has 0 radical (unpaired) electrons. The van der Waals surface area contributed by atoms with E-state index in [0.717, 1.165) is 12.8 Å². The predicted octanol–water partition coefficient (Wildman–Crippen LogP) is 1.35. The summed E-state index contributed by atoms with van der Waals surface area (Å²) in [5.74, 6) is 0. The van der Waals surface area contributed by atoms with Crippen molar-refractivity contribution in [3.8, 4) is 0 Å². The lowest BCUT2D eigenvalue weighted by Crippen LogP contribution is -1.97. The van der Waals surface area contributed by atoms with Crippen LogP contribution in [0.1, 0.15) is 12.8 Å². The molecule has 0 amide bonds. The van der Waals surface area contributed by atoms with Crippen LogP contribution in [0.25, 0.3) is 0 Å². The number of hydrogen-bond donors (Lipinski definition) is 2. The predicted molar refractivity (Wildman–Crippen MR) is 59.7 cm³/mol. The van der Waals surface area contributed by atoms with E-state index in [9.17, 15) is 0 Å². The Morgan fingerprint density at radius 3 is 2.33 bits per heavy atom. The van der Waals surface area contributed by atoms with Crippen molar-refractivity contribution in [3.05, 3.63) is 21.8 Å². The molecule has 1 heterocycles.